The van der Waals surface area contributed by atoms with E-state index >= 15 is 0 Å². The lowest BCUT2D eigenvalue weighted by Gasteiger charge is -2.05. The third-order valence-corrected chi connectivity index (χ3v) is 3.96. The zero-order valence-corrected chi connectivity index (χ0v) is 13.5. The molecule has 0 spiro atoms. The average molecular weight is 359 g/mol. The second-order valence-electron chi connectivity index (χ2n) is 5.08. The number of hydrazone groups is 1. The van der Waals surface area contributed by atoms with E-state index in [1.807, 2.05) is 24.3 Å². The molecule has 0 saturated heterocycles. The van der Waals surface area contributed by atoms with E-state index in [0.29, 0.717) is 5.75 Å². The predicted octanol–water partition coefficient (Wildman–Crippen LogP) is 3.10. The summed E-state index contributed by atoms with van der Waals surface area (Å²) in [7, 11) is 0. The van der Waals surface area contributed by atoms with Gasteiger partial charge in [0.15, 0.2) is 6.61 Å². The molecule has 0 unspecified atom stereocenters. The van der Waals surface area contributed by atoms with E-state index < -0.39 is 0 Å². The summed E-state index contributed by atoms with van der Waals surface area (Å²) < 4.78 is 6.37. The number of carbonyl (C=O) groups is 1. The standard InChI is InChI=1S/C17H15BrN2O2/c18-14-5-7-16(8-6-14)22-11-17(21)20-19-15-9-12-3-1-2-4-13(12)10-15/h1-8H,9-11H2,(H,20,21). The number of hydrogen-bond acceptors (Lipinski definition) is 3. The first-order chi connectivity index (χ1) is 10.7. The molecule has 2 aromatic rings. The van der Waals surface area contributed by atoms with Gasteiger partial charge in [-0.3, -0.25) is 4.79 Å². The first kappa shape index (κ1) is 14.8. The summed E-state index contributed by atoms with van der Waals surface area (Å²) in [6, 6.07) is 15.6. The number of ether oxygens (including phenoxy) is 1. The van der Waals surface area contributed by atoms with Crippen LogP contribution in [0.3, 0.4) is 0 Å². The fraction of sp³-hybridized carbons (Fsp3) is 0.176. The van der Waals surface area contributed by atoms with Gasteiger partial charge in [-0.05, 0) is 35.4 Å². The lowest BCUT2D eigenvalue weighted by Crippen LogP contribution is -2.25. The maximum Gasteiger partial charge on any atom is 0.277 e. The highest BCUT2D eigenvalue weighted by Crippen LogP contribution is 2.19. The van der Waals surface area contributed by atoms with Crippen LogP contribution in [0.25, 0.3) is 0 Å². The third kappa shape index (κ3) is 3.74. The van der Waals surface area contributed by atoms with Crippen molar-refractivity contribution in [2.75, 3.05) is 6.61 Å². The average Bonchev–Trinajstić information content (AvgIpc) is 2.95. The Morgan fingerprint density at radius 1 is 1.09 bits per heavy atom. The molecule has 0 bridgehead atoms. The first-order valence-corrected chi connectivity index (χ1v) is 7.79. The highest BCUT2D eigenvalue weighted by molar-refractivity contribution is 9.10. The second kappa shape index (κ2) is 6.75. The Hall–Kier alpha value is -2.14. The summed E-state index contributed by atoms with van der Waals surface area (Å²) in [5, 5.41) is 4.19. The fourth-order valence-corrected chi connectivity index (χ4v) is 2.60. The van der Waals surface area contributed by atoms with Crippen LogP contribution in [0, 0.1) is 0 Å². The predicted molar refractivity (Wildman–Crippen MR) is 89.1 cm³/mol. The molecule has 0 saturated carbocycles. The fourth-order valence-electron chi connectivity index (χ4n) is 2.34. The highest BCUT2D eigenvalue weighted by Gasteiger charge is 2.16. The minimum Gasteiger partial charge on any atom is -0.484 e. The molecule has 3 rings (SSSR count). The molecular formula is C17H15BrN2O2. The van der Waals surface area contributed by atoms with Crippen LogP contribution < -0.4 is 10.2 Å². The topological polar surface area (TPSA) is 50.7 Å². The highest BCUT2D eigenvalue weighted by atomic mass is 79.9. The number of rotatable bonds is 4. The smallest absolute Gasteiger partial charge is 0.277 e. The summed E-state index contributed by atoms with van der Waals surface area (Å²) in [6.45, 7) is -0.0502. The van der Waals surface area contributed by atoms with Crippen molar-refractivity contribution in [1.82, 2.24) is 5.43 Å². The van der Waals surface area contributed by atoms with Gasteiger partial charge in [0.2, 0.25) is 0 Å². The number of benzene rings is 2. The number of nitrogens with zero attached hydrogens (tertiary/aromatic N) is 1. The van der Waals surface area contributed by atoms with Crippen molar-refractivity contribution < 1.29 is 9.53 Å². The Morgan fingerprint density at radius 3 is 2.36 bits per heavy atom. The van der Waals surface area contributed by atoms with Crippen molar-refractivity contribution in [1.29, 1.82) is 0 Å². The minimum atomic E-state index is -0.258. The van der Waals surface area contributed by atoms with Crippen LogP contribution in [0.1, 0.15) is 11.1 Å². The van der Waals surface area contributed by atoms with E-state index in [2.05, 4.69) is 38.6 Å². The largest absolute Gasteiger partial charge is 0.484 e. The van der Waals surface area contributed by atoms with Gasteiger partial charge in [0.05, 0.1) is 0 Å². The molecule has 1 amide bonds. The van der Waals surface area contributed by atoms with Crippen LogP contribution >= 0.6 is 15.9 Å². The van der Waals surface area contributed by atoms with Crippen LogP contribution in [0.5, 0.6) is 5.75 Å². The summed E-state index contributed by atoms with van der Waals surface area (Å²) in [5.74, 6) is 0.394. The molecule has 0 aliphatic heterocycles. The van der Waals surface area contributed by atoms with E-state index in [4.69, 9.17) is 4.74 Å². The lowest BCUT2D eigenvalue weighted by molar-refractivity contribution is -0.123. The molecule has 0 aromatic heterocycles. The molecule has 1 aliphatic rings. The van der Waals surface area contributed by atoms with Crippen molar-refractivity contribution in [2.24, 2.45) is 5.10 Å². The van der Waals surface area contributed by atoms with Gasteiger partial charge in [-0.2, -0.15) is 5.10 Å². The molecule has 0 radical (unpaired) electrons. The molecule has 5 heteroatoms. The van der Waals surface area contributed by atoms with Gasteiger partial charge < -0.3 is 4.74 Å². The maximum absolute atomic E-state index is 11.8. The molecule has 0 heterocycles. The van der Waals surface area contributed by atoms with E-state index in [1.54, 1.807) is 12.1 Å². The molecule has 1 N–H and O–H groups in total. The van der Waals surface area contributed by atoms with Gasteiger partial charge in [0, 0.05) is 23.0 Å². The Labute approximate surface area is 137 Å². The number of carbonyl (C=O) groups excluding carboxylic acids is 1. The number of hydrogen-bond donors (Lipinski definition) is 1. The zero-order chi connectivity index (χ0) is 15.4. The van der Waals surface area contributed by atoms with Gasteiger partial charge in [-0.25, -0.2) is 5.43 Å². The molecule has 0 fully saturated rings. The van der Waals surface area contributed by atoms with Crippen molar-refractivity contribution in [2.45, 2.75) is 12.8 Å². The van der Waals surface area contributed by atoms with Crippen LogP contribution in [0.15, 0.2) is 58.1 Å². The normalized spacial score (nSPS) is 12.7. The third-order valence-electron chi connectivity index (χ3n) is 3.43. The van der Waals surface area contributed by atoms with Crippen LogP contribution in [-0.2, 0) is 17.6 Å². The summed E-state index contributed by atoms with van der Waals surface area (Å²) in [6.07, 6.45) is 1.59. The maximum atomic E-state index is 11.8. The number of fused-ring (bicyclic) bond motifs is 1. The molecule has 2 aromatic carbocycles. The van der Waals surface area contributed by atoms with Gasteiger partial charge in [0.25, 0.3) is 5.91 Å². The minimum absolute atomic E-state index is 0.0502. The second-order valence-corrected chi connectivity index (χ2v) is 5.99. The number of halogens is 1. The zero-order valence-electron chi connectivity index (χ0n) is 11.9. The first-order valence-electron chi connectivity index (χ1n) is 7.00. The Balaban J connectivity index is 1.49. The van der Waals surface area contributed by atoms with E-state index in [-0.39, 0.29) is 12.5 Å². The molecule has 1 aliphatic carbocycles. The molecule has 0 atom stereocenters. The SMILES string of the molecule is O=C(COc1ccc(Br)cc1)NN=C1Cc2ccccc2C1. The number of nitrogens with one attached hydrogen (secondary N) is 1. The Kier molecular flexibility index (Phi) is 4.53. The van der Waals surface area contributed by atoms with Crippen molar-refractivity contribution in [3.8, 4) is 5.75 Å². The van der Waals surface area contributed by atoms with Crippen molar-refractivity contribution in [3.05, 3.63) is 64.1 Å². The van der Waals surface area contributed by atoms with Crippen LogP contribution in [0.2, 0.25) is 0 Å². The van der Waals surface area contributed by atoms with E-state index in [1.165, 1.54) is 11.1 Å². The molecule has 22 heavy (non-hydrogen) atoms. The summed E-state index contributed by atoms with van der Waals surface area (Å²) >= 11 is 3.35. The summed E-state index contributed by atoms with van der Waals surface area (Å²) in [5.41, 5.74) is 6.08. The van der Waals surface area contributed by atoms with E-state index in [0.717, 1.165) is 23.0 Å². The van der Waals surface area contributed by atoms with Gasteiger partial charge in [-0.1, -0.05) is 40.2 Å². The quantitative estimate of drug-likeness (QED) is 0.853. The van der Waals surface area contributed by atoms with Gasteiger partial charge >= 0.3 is 0 Å². The monoisotopic (exact) mass is 358 g/mol. The summed E-state index contributed by atoms with van der Waals surface area (Å²) in [4.78, 5) is 11.8. The Morgan fingerprint density at radius 2 is 1.73 bits per heavy atom. The Bertz CT molecular complexity index is 684. The van der Waals surface area contributed by atoms with Gasteiger partial charge in [0.1, 0.15) is 5.75 Å². The molecule has 4 nitrogen and oxygen atoms in total. The van der Waals surface area contributed by atoms with Crippen molar-refractivity contribution in [3.63, 3.8) is 0 Å². The molecular weight excluding hydrogens is 344 g/mol. The lowest BCUT2D eigenvalue weighted by atomic mass is 10.1. The van der Waals surface area contributed by atoms with Crippen LogP contribution in [-0.4, -0.2) is 18.2 Å². The van der Waals surface area contributed by atoms with Crippen molar-refractivity contribution >= 4 is 27.5 Å². The van der Waals surface area contributed by atoms with E-state index in [9.17, 15) is 4.79 Å². The molecule has 112 valence electrons. The van der Waals surface area contributed by atoms with Gasteiger partial charge in [-0.15, -0.1) is 0 Å². The van der Waals surface area contributed by atoms with Crippen LogP contribution in [0.4, 0.5) is 0 Å². The number of amides is 1.